The van der Waals surface area contributed by atoms with Crippen LogP contribution in [-0.4, -0.2) is 47.5 Å². The van der Waals surface area contributed by atoms with Gasteiger partial charge in [-0.1, -0.05) is 0 Å². The summed E-state index contributed by atoms with van der Waals surface area (Å²) in [5.41, 5.74) is -0.0602. The largest absolute Gasteiger partial charge is 0.439 e. The molecular weight excluding hydrogens is 226 g/mol. The Morgan fingerprint density at radius 1 is 1.65 bits per heavy atom. The first kappa shape index (κ1) is 13.4. The van der Waals surface area contributed by atoms with Crippen molar-refractivity contribution in [2.75, 3.05) is 13.2 Å². The van der Waals surface area contributed by atoms with Crippen LogP contribution in [-0.2, 0) is 19.1 Å². The summed E-state index contributed by atoms with van der Waals surface area (Å²) in [6, 6.07) is 0. The van der Waals surface area contributed by atoms with E-state index in [2.05, 4.69) is 0 Å². The number of rotatable bonds is 5. The summed E-state index contributed by atoms with van der Waals surface area (Å²) >= 11 is 0. The van der Waals surface area contributed by atoms with Gasteiger partial charge in [0.1, 0.15) is 6.29 Å². The molecule has 0 radical (unpaired) electrons. The van der Waals surface area contributed by atoms with E-state index in [4.69, 9.17) is 9.84 Å². The van der Waals surface area contributed by atoms with E-state index in [0.717, 1.165) is 12.5 Å². The predicted molar refractivity (Wildman–Crippen MR) is 57.7 cm³/mol. The van der Waals surface area contributed by atoms with Crippen molar-refractivity contribution in [3.8, 4) is 0 Å². The van der Waals surface area contributed by atoms with Gasteiger partial charge in [0.2, 0.25) is 5.91 Å². The number of likely N-dealkylation sites (tertiary alicyclic amines) is 1. The molecule has 0 spiro atoms. The lowest BCUT2D eigenvalue weighted by molar-refractivity contribution is -0.156. The van der Waals surface area contributed by atoms with Gasteiger partial charge in [0.25, 0.3) is 0 Å². The number of hydrogen-bond donors (Lipinski definition) is 1. The van der Waals surface area contributed by atoms with Crippen LogP contribution in [0.25, 0.3) is 0 Å². The van der Waals surface area contributed by atoms with Gasteiger partial charge in [0.05, 0.1) is 6.61 Å². The predicted octanol–water partition coefficient (Wildman–Crippen LogP) is -0.384. The average molecular weight is 241 g/mol. The smallest absolute Gasteiger partial charge is 0.333 e. The van der Waals surface area contributed by atoms with Gasteiger partial charge in [0, 0.05) is 24.6 Å². The van der Waals surface area contributed by atoms with E-state index in [1.807, 2.05) is 0 Å². The molecule has 1 rings (SSSR count). The molecule has 1 unspecified atom stereocenters. The molecule has 1 saturated heterocycles. The summed E-state index contributed by atoms with van der Waals surface area (Å²) in [6.45, 7) is 1.64. The van der Waals surface area contributed by atoms with Crippen molar-refractivity contribution in [1.82, 2.24) is 4.90 Å². The van der Waals surface area contributed by atoms with E-state index in [1.165, 1.54) is 4.90 Å². The van der Waals surface area contributed by atoms with Crippen LogP contribution < -0.4 is 0 Å². The van der Waals surface area contributed by atoms with Crippen LogP contribution in [0.1, 0.15) is 19.8 Å². The minimum atomic E-state index is -0.742. The molecule has 1 aliphatic rings. The normalized spacial score (nSPS) is 18.1. The van der Waals surface area contributed by atoms with E-state index in [1.54, 1.807) is 6.92 Å². The summed E-state index contributed by atoms with van der Waals surface area (Å²) < 4.78 is 4.96. The van der Waals surface area contributed by atoms with Gasteiger partial charge < -0.3 is 14.7 Å². The van der Waals surface area contributed by atoms with Crippen molar-refractivity contribution in [3.05, 3.63) is 11.6 Å². The third kappa shape index (κ3) is 3.67. The van der Waals surface area contributed by atoms with Crippen molar-refractivity contribution in [2.24, 2.45) is 0 Å². The molecule has 1 amide bonds. The molecule has 0 aliphatic carbocycles. The summed E-state index contributed by atoms with van der Waals surface area (Å²) in [5.74, 6) is -0.791. The molecule has 94 valence electrons. The van der Waals surface area contributed by atoms with Gasteiger partial charge in [-0.2, -0.15) is 0 Å². The number of nitrogens with zero attached hydrogens (tertiary/aromatic N) is 1. The molecule has 1 heterocycles. The molecule has 6 heteroatoms. The monoisotopic (exact) mass is 241 g/mol. The number of carbonyl (C=O) groups is 3. The molecular formula is C11H15NO5. The van der Waals surface area contributed by atoms with Crippen molar-refractivity contribution >= 4 is 18.2 Å². The molecule has 17 heavy (non-hydrogen) atoms. The molecule has 1 fully saturated rings. The lowest BCUT2D eigenvalue weighted by Crippen LogP contribution is -2.37. The Balaban J connectivity index is 2.53. The van der Waals surface area contributed by atoms with Gasteiger partial charge in [-0.3, -0.25) is 9.59 Å². The second-order valence-corrected chi connectivity index (χ2v) is 3.72. The Morgan fingerprint density at radius 2 is 2.35 bits per heavy atom. The molecule has 0 saturated carbocycles. The van der Waals surface area contributed by atoms with E-state index >= 15 is 0 Å². The number of amides is 1. The highest BCUT2D eigenvalue weighted by Gasteiger charge is 2.26. The van der Waals surface area contributed by atoms with Gasteiger partial charge in [-0.05, 0) is 13.3 Å². The zero-order valence-corrected chi connectivity index (χ0v) is 9.59. The standard InChI is InChI=1S/C11H15NO5/c1-8(12-4-2-3-10(12)15)17-11(16)5-9(6-13)7-14/h5-6,8,14H,2-4,7H2,1H3/b9-5+. The van der Waals surface area contributed by atoms with E-state index in [0.29, 0.717) is 19.3 Å². The number of ether oxygens (including phenoxy) is 1. The fraction of sp³-hybridized carbons (Fsp3) is 0.545. The number of hydrogen-bond acceptors (Lipinski definition) is 5. The first-order valence-electron chi connectivity index (χ1n) is 5.35. The SMILES string of the molecule is CC(OC(=O)/C=C(\C=O)CO)N1CCCC1=O. The molecule has 1 aliphatic heterocycles. The number of aliphatic hydroxyl groups excluding tert-OH is 1. The second-order valence-electron chi connectivity index (χ2n) is 3.72. The lowest BCUT2D eigenvalue weighted by Gasteiger charge is -2.23. The van der Waals surface area contributed by atoms with Crippen molar-refractivity contribution < 1.29 is 24.2 Å². The quantitative estimate of drug-likeness (QED) is 0.403. The lowest BCUT2D eigenvalue weighted by atomic mass is 10.3. The van der Waals surface area contributed by atoms with Crippen LogP contribution in [0.15, 0.2) is 11.6 Å². The third-order valence-corrected chi connectivity index (χ3v) is 2.47. The second kappa shape index (κ2) is 6.15. The highest BCUT2D eigenvalue weighted by atomic mass is 16.6. The number of carbonyl (C=O) groups excluding carboxylic acids is 3. The van der Waals surface area contributed by atoms with E-state index < -0.39 is 18.8 Å². The van der Waals surface area contributed by atoms with Crippen LogP contribution in [0, 0.1) is 0 Å². The maximum atomic E-state index is 11.4. The van der Waals surface area contributed by atoms with Crippen LogP contribution in [0.4, 0.5) is 0 Å². The van der Waals surface area contributed by atoms with Crippen molar-refractivity contribution in [1.29, 1.82) is 0 Å². The minimum Gasteiger partial charge on any atom is -0.439 e. The Bertz CT molecular complexity index is 350. The average Bonchev–Trinajstić information content (AvgIpc) is 2.72. The van der Waals surface area contributed by atoms with Crippen LogP contribution in [0.5, 0.6) is 0 Å². The Hall–Kier alpha value is -1.69. The van der Waals surface area contributed by atoms with Gasteiger partial charge in [-0.15, -0.1) is 0 Å². The summed E-state index contributed by atoms with van der Waals surface area (Å²) in [6.07, 6.45) is 1.87. The summed E-state index contributed by atoms with van der Waals surface area (Å²) in [7, 11) is 0. The summed E-state index contributed by atoms with van der Waals surface area (Å²) in [5, 5.41) is 8.69. The molecule has 0 aromatic carbocycles. The van der Waals surface area contributed by atoms with Crippen LogP contribution >= 0.6 is 0 Å². The van der Waals surface area contributed by atoms with Crippen molar-refractivity contribution in [3.63, 3.8) is 0 Å². The summed E-state index contributed by atoms with van der Waals surface area (Å²) in [4.78, 5) is 34.5. The van der Waals surface area contributed by atoms with E-state index in [9.17, 15) is 14.4 Å². The van der Waals surface area contributed by atoms with Gasteiger partial charge >= 0.3 is 5.97 Å². The van der Waals surface area contributed by atoms with Crippen molar-refractivity contribution in [2.45, 2.75) is 26.0 Å². The molecule has 1 atom stereocenters. The maximum Gasteiger partial charge on any atom is 0.333 e. The molecule has 0 aromatic heterocycles. The highest BCUT2D eigenvalue weighted by Crippen LogP contribution is 2.14. The maximum absolute atomic E-state index is 11.4. The fourth-order valence-corrected chi connectivity index (χ4v) is 1.59. The van der Waals surface area contributed by atoms with Gasteiger partial charge in [0.15, 0.2) is 6.23 Å². The Labute approximate surface area is 98.8 Å². The highest BCUT2D eigenvalue weighted by molar-refractivity contribution is 5.90. The Kier molecular flexibility index (Phi) is 4.84. The zero-order valence-electron chi connectivity index (χ0n) is 9.59. The third-order valence-electron chi connectivity index (χ3n) is 2.47. The number of aliphatic hydroxyl groups is 1. The molecule has 0 aromatic rings. The number of aldehydes is 1. The molecule has 1 N–H and O–H groups in total. The number of esters is 1. The fourth-order valence-electron chi connectivity index (χ4n) is 1.59. The minimum absolute atomic E-state index is 0.0490. The van der Waals surface area contributed by atoms with Gasteiger partial charge in [-0.25, -0.2) is 4.79 Å². The molecule has 6 nitrogen and oxygen atoms in total. The zero-order chi connectivity index (χ0) is 12.8. The van der Waals surface area contributed by atoms with Crippen LogP contribution in [0.3, 0.4) is 0 Å². The molecule has 0 bridgehead atoms. The Morgan fingerprint density at radius 3 is 2.82 bits per heavy atom. The topological polar surface area (TPSA) is 83.9 Å². The first-order valence-corrected chi connectivity index (χ1v) is 5.35. The first-order chi connectivity index (χ1) is 8.08. The van der Waals surface area contributed by atoms with E-state index in [-0.39, 0.29) is 11.5 Å². The van der Waals surface area contributed by atoms with Crippen LogP contribution in [0.2, 0.25) is 0 Å².